The van der Waals surface area contributed by atoms with E-state index >= 15 is 0 Å². The van der Waals surface area contributed by atoms with Crippen LogP contribution in [-0.2, 0) is 4.79 Å². The van der Waals surface area contributed by atoms with Gasteiger partial charge in [0.05, 0.1) is 12.6 Å². The molecular formula is C15H19NO2S. The molecule has 1 aromatic carbocycles. The van der Waals surface area contributed by atoms with Crippen LogP contribution >= 0.6 is 12.6 Å². The standard InChI is InChI=1S/C15H19NO2S/c17-14(9-15(10-19)6-7-15)16-12-5-8-18-13-4-2-1-3-11(12)13/h1-4,12,19H,5-10H2,(H,16,17). The summed E-state index contributed by atoms with van der Waals surface area (Å²) in [6.07, 6.45) is 3.72. The number of thiol groups is 1. The monoisotopic (exact) mass is 277 g/mol. The van der Waals surface area contributed by atoms with Crippen LogP contribution in [0.4, 0.5) is 0 Å². The van der Waals surface area contributed by atoms with Gasteiger partial charge in [0.15, 0.2) is 0 Å². The normalized spacial score (nSPS) is 23.1. The molecule has 1 aliphatic carbocycles. The SMILES string of the molecule is O=C(CC1(CS)CC1)NC1CCOc2ccccc21. The van der Waals surface area contributed by atoms with Gasteiger partial charge in [-0.3, -0.25) is 4.79 Å². The summed E-state index contributed by atoms with van der Waals surface area (Å²) in [5.41, 5.74) is 1.27. The van der Waals surface area contributed by atoms with Gasteiger partial charge in [-0.25, -0.2) is 0 Å². The lowest BCUT2D eigenvalue weighted by atomic mass is 9.99. The minimum atomic E-state index is 0.0909. The molecule has 19 heavy (non-hydrogen) atoms. The van der Waals surface area contributed by atoms with E-state index in [0.717, 1.165) is 36.3 Å². The quantitative estimate of drug-likeness (QED) is 0.831. The minimum Gasteiger partial charge on any atom is -0.493 e. The molecule has 2 aliphatic rings. The number of ether oxygens (including phenoxy) is 1. The molecule has 1 aromatic rings. The molecule has 3 nitrogen and oxygen atoms in total. The van der Waals surface area contributed by atoms with E-state index < -0.39 is 0 Å². The zero-order chi connectivity index (χ0) is 13.3. The van der Waals surface area contributed by atoms with Gasteiger partial charge in [0, 0.05) is 18.4 Å². The fraction of sp³-hybridized carbons (Fsp3) is 0.533. The van der Waals surface area contributed by atoms with E-state index in [1.54, 1.807) is 0 Å². The molecule has 0 spiro atoms. The Bertz CT molecular complexity index is 485. The Morgan fingerprint density at radius 3 is 2.95 bits per heavy atom. The third-order valence-corrected chi connectivity index (χ3v) is 4.79. The van der Waals surface area contributed by atoms with Crippen LogP contribution in [0.25, 0.3) is 0 Å². The van der Waals surface area contributed by atoms with Crippen LogP contribution < -0.4 is 10.1 Å². The number of fused-ring (bicyclic) bond motifs is 1. The topological polar surface area (TPSA) is 38.3 Å². The van der Waals surface area contributed by atoms with E-state index in [1.165, 1.54) is 0 Å². The predicted octanol–water partition coefficient (Wildman–Crippen LogP) is 2.73. The van der Waals surface area contributed by atoms with E-state index in [0.29, 0.717) is 13.0 Å². The van der Waals surface area contributed by atoms with Crippen molar-refractivity contribution in [3.8, 4) is 5.75 Å². The summed E-state index contributed by atoms with van der Waals surface area (Å²) in [6, 6.07) is 8.04. The highest BCUT2D eigenvalue weighted by Gasteiger charge is 2.43. The highest BCUT2D eigenvalue weighted by molar-refractivity contribution is 7.80. The number of nitrogens with one attached hydrogen (secondary N) is 1. The third kappa shape index (κ3) is 2.73. The lowest BCUT2D eigenvalue weighted by molar-refractivity contribution is -0.123. The van der Waals surface area contributed by atoms with E-state index in [9.17, 15) is 4.79 Å². The number of benzene rings is 1. The summed E-state index contributed by atoms with van der Waals surface area (Å²) in [7, 11) is 0. The van der Waals surface area contributed by atoms with Crippen molar-refractivity contribution in [3.63, 3.8) is 0 Å². The van der Waals surface area contributed by atoms with Crippen molar-refractivity contribution < 1.29 is 9.53 Å². The second-order valence-electron chi connectivity index (χ2n) is 5.63. The Morgan fingerprint density at radius 2 is 2.21 bits per heavy atom. The van der Waals surface area contributed by atoms with Gasteiger partial charge in [-0.05, 0) is 30.1 Å². The molecule has 1 unspecified atom stereocenters. The summed E-state index contributed by atoms with van der Waals surface area (Å²) in [5.74, 6) is 1.85. The first kappa shape index (κ1) is 12.9. The maximum Gasteiger partial charge on any atom is 0.221 e. The third-order valence-electron chi connectivity index (χ3n) is 4.12. The number of amides is 1. The van der Waals surface area contributed by atoms with Gasteiger partial charge in [0.2, 0.25) is 5.91 Å². The molecular weight excluding hydrogens is 258 g/mol. The Labute approximate surface area is 119 Å². The van der Waals surface area contributed by atoms with Gasteiger partial charge in [-0.2, -0.15) is 12.6 Å². The Kier molecular flexibility index (Phi) is 3.44. The predicted molar refractivity (Wildman–Crippen MR) is 77.6 cm³/mol. The Balaban J connectivity index is 1.66. The number of rotatable bonds is 4. The number of hydrogen-bond acceptors (Lipinski definition) is 3. The van der Waals surface area contributed by atoms with Crippen LogP contribution in [0.1, 0.15) is 37.3 Å². The molecule has 1 heterocycles. The number of para-hydroxylation sites is 1. The van der Waals surface area contributed by atoms with Crippen molar-refractivity contribution in [2.45, 2.75) is 31.7 Å². The fourth-order valence-electron chi connectivity index (χ4n) is 2.65. The maximum atomic E-state index is 12.1. The molecule has 1 aliphatic heterocycles. The summed E-state index contributed by atoms with van der Waals surface area (Å²) in [4.78, 5) is 12.1. The summed E-state index contributed by atoms with van der Waals surface area (Å²) in [6.45, 7) is 0.666. The highest BCUT2D eigenvalue weighted by Crippen LogP contribution is 2.49. The van der Waals surface area contributed by atoms with Crippen LogP contribution in [0.3, 0.4) is 0 Å². The molecule has 1 atom stereocenters. The molecule has 0 bridgehead atoms. The number of carbonyl (C=O) groups excluding carboxylic acids is 1. The van der Waals surface area contributed by atoms with Crippen molar-refractivity contribution in [3.05, 3.63) is 29.8 Å². The largest absolute Gasteiger partial charge is 0.493 e. The first-order valence-corrected chi connectivity index (χ1v) is 7.48. The van der Waals surface area contributed by atoms with Gasteiger partial charge >= 0.3 is 0 Å². The average Bonchev–Trinajstić information content (AvgIpc) is 3.19. The van der Waals surface area contributed by atoms with Crippen LogP contribution in [0.2, 0.25) is 0 Å². The van der Waals surface area contributed by atoms with E-state index in [4.69, 9.17) is 4.74 Å². The van der Waals surface area contributed by atoms with Crippen LogP contribution in [0.15, 0.2) is 24.3 Å². The summed E-state index contributed by atoms with van der Waals surface area (Å²) >= 11 is 4.35. The molecule has 1 N–H and O–H groups in total. The average molecular weight is 277 g/mol. The van der Waals surface area contributed by atoms with Crippen molar-refractivity contribution in [2.24, 2.45) is 5.41 Å². The maximum absolute atomic E-state index is 12.1. The smallest absolute Gasteiger partial charge is 0.221 e. The first-order chi connectivity index (χ1) is 9.22. The molecule has 3 rings (SSSR count). The minimum absolute atomic E-state index is 0.0909. The van der Waals surface area contributed by atoms with Gasteiger partial charge in [-0.15, -0.1) is 0 Å². The lowest BCUT2D eigenvalue weighted by Crippen LogP contribution is -2.33. The van der Waals surface area contributed by atoms with Crippen molar-refractivity contribution in [2.75, 3.05) is 12.4 Å². The van der Waals surface area contributed by atoms with E-state index in [1.807, 2.05) is 24.3 Å². The van der Waals surface area contributed by atoms with E-state index in [-0.39, 0.29) is 17.4 Å². The molecule has 0 saturated heterocycles. The van der Waals surface area contributed by atoms with Crippen LogP contribution in [0.5, 0.6) is 5.75 Å². The Morgan fingerprint density at radius 1 is 1.42 bits per heavy atom. The zero-order valence-corrected chi connectivity index (χ0v) is 11.8. The fourth-order valence-corrected chi connectivity index (χ4v) is 3.07. The molecule has 1 amide bonds. The second kappa shape index (κ2) is 5.08. The number of carbonyl (C=O) groups is 1. The molecule has 1 fully saturated rings. The molecule has 0 aromatic heterocycles. The summed E-state index contributed by atoms with van der Waals surface area (Å²) < 4.78 is 5.61. The van der Waals surface area contributed by atoms with Crippen LogP contribution in [-0.4, -0.2) is 18.3 Å². The van der Waals surface area contributed by atoms with Crippen molar-refractivity contribution in [1.29, 1.82) is 0 Å². The Hall–Kier alpha value is -1.16. The molecule has 4 heteroatoms. The van der Waals surface area contributed by atoms with Crippen LogP contribution in [0, 0.1) is 5.41 Å². The lowest BCUT2D eigenvalue weighted by Gasteiger charge is -2.27. The molecule has 102 valence electrons. The van der Waals surface area contributed by atoms with Crippen molar-refractivity contribution in [1.82, 2.24) is 5.32 Å². The van der Waals surface area contributed by atoms with Gasteiger partial charge in [-0.1, -0.05) is 18.2 Å². The number of hydrogen-bond donors (Lipinski definition) is 2. The highest BCUT2D eigenvalue weighted by atomic mass is 32.1. The zero-order valence-electron chi connectivity index (χ0n) is 10.9. The van der Waals surface area contributed by atoms with E-state index in [2.05, 4.69) is 17.9 Å². The molecule has 0 radical (unpaired) electrons. The molecule has 1 saturated carbocycles. The summed E-state index contributed by atoms with van der Waals surface area (Å²) in [5, 5.41) is 3.15. The van der Waals surface area contributed by atoms with Gasteiger partial charge < -0.3 is 10.1 Å². The first-order valence-electron chi connectivity index (χ1n) is 6.84. The van der Waals surface area contributed by atoms with Gasteiger partial charge in [0.25, 0.3) is 0 Å². The van der Waals surface area contributed by atoms with Gasteiger partial charge in [0.1, 0.15) is 5.75 Å². The van der Waals surface area contributed by atoms with Crippen molar-refractivity contribution >= 4 is 18.5 Å². The second-order valence-corrected chi connectivity index (χ2v) is 5.95.